The fourth-order valence-electron chi connectivity index (χ4n) is 2.08. The first-order chi connectivity index (χ1) is 9.79. The quantitative estimate of drug-likeness (QED) is 0.488. The molecule has 0 unspecified atom stereocenters. The van der Waals surface area contributed by atoms with Crippen LogP contribution in [-0.4, -0.2) is 18.5 Å². The van der Waals surface area contributed by atoms with E-state index in [1.165, 1.54) is 6.26 Å². The monoisotopic (exact) mass is 267 g/mol. The average Bonchev–Trinajstić information content (AvgIpc) is 2.85. The number of ether oxygens (including phenoxy) is 2. The molecule has 0 N–H and O–H groups in total. The lowest BCUT2D eigenvalue weighted by molar-refractivity contribution is -0.130. The third kappa shape index (κ3) is 2.16. The summed E-state index contributed by atoms with van der Waals surface area (Å²) in [5, 5.41) is 2.07. The lowest BCUT2D eigenvalue weighted by Crippen LogP contribution is -2.06. The minimum atomic E-state index is -0.485. The van der Waals surface area contributed by atoms with Gasteiger partial charge in [0, 0.05) is 5.56 Å². The summed E-state index contributed by atoms with van der Waals surface area (Å²) in [5.74, 6) is -0.167. The topological polar surface area (TPSA) is 47.9 Å². The number of hydrogen-bond acceptors (Lipinski definition) is 4. The van der Waals surface area contributed by atoms with Crippen molar-refractivity contribution in [2.75, 3.05) is 6.61 Å². The Bertz CT molecular complexity index is 726. The molecule has 1 aliphatic rings. The maximum Gasteiger partial charge on any atom is 0.367 e. The highest BCUT2D eigenvalue weighted by Gasteiger charge is 2.25. The zero-order valence-corrected chi connectivity index (χ0v) is 11.0. The molecule has 2 aromatic carbocycles. The number of benzene rings is 2. The van der Waals surface area contributed by atoms with E-state index in [0.717, 1.165) is 16.3 Å². The van der Waals surface area contributed by atoms with Crippen molar-refractivity contribution in [1.82, 2.24) is 0 Å². The first-order valence-electron chi connectivity index (χ1n) is 6.40. The molecule has 4 heteroatoms. The normalized spacial score (nSPS) is 16.4. The molecular weight excluding hydrogens is 254 g/mol. The molecule has 0 spiro atoms. The van der Waals surface area contributed by atoms with E-state index in [9.17, 15) is 4.79 Å². The van der Waals surface area contributed by atoms with E-state index in [1.807, 2.05) is 49.4 Å². The summed E-state index contributed by atoms with van der Waals surface area (Å²) in [6.45, 7) is 2.32. The molecule has 0 radical (unpaired) electrons. The lowest BCUT2D eigenvalue weighted by atomic mass is 10.0. The van der Waals surface area contributed by atoms with Crippen LogP contribution < -0.4 is 0 Å². The molecule has 0 saturated carbocycles. The molecule has 0 fully saturated rings. The van der Waals surface area contributed by atoms with E-state index in [2.05, 4.69) is 4.99 Å². The fourth-order valence-corrected chi connectivity index (χ4v) is 2.08. The molecule has 3 rings (SSSR count). The summed E-state index contributed by atoms with van der Waals surface area (Å²) in [7, 11) is 0. The van der Waals surface area contributed by atoms with Crippen molar-refractivity contribution in [3.8, 4) is 0 Å². The van der Waals surface area contributed by atoms with Crippen molar-refractivity contribution in [2.24, 2.45) is 4.99 Å². The van der Waals surface area contributed by atoms with Crippen LogP contribution >= 0.6 is 0 Å². The Balaban J connectivity index is 2.06. The summed E-state index contributed by atoms with van der Waals surface area (Å²) in [4.78, 5) is 15.9. The minimum Gasteiger partial charge on any atom is -0.499 e. The van der Waals surface area contributed by atoms with Crippen LogP contribution in [0, 0.1) is 0 Å². The van der Waals surface area contributed by atoms with Crippen LogP contribution in [0.5, 0.6) is 0 Å². The zero-order chi connectivity index (χ0) is 13.9. The second-order valence-electron chi connectivity index (χ2n) is 4.29. The van der Waals surface area contributed by atoms with Crippen LogP contribution in [0.1, 0.15) is 12.5 Å². The first kappa shape index (κ1) is 12.4. The molecule has 1 heterocycles. The molecule has 1 aliphatic heterocycles. The molecular formula is C16H13NO3. The van der Waals surface area contributed by atoms with Crippen LogP contribution in [0.4, 0.5) is 0 Å². The van der Waals surface area contributed by atoms with Gasteiger partial charge in [-0.05, 0) is 23.8 Å². The molecule has 4 nitrogen and oxygen atoms in total. The number of nitrogens with zero attached hydrogens (tertiary/aromatic N) is 1. The zero-order valence-electron chi connectivity index (χ0n) is 11.0. The summed E-state index contributed by atoms with van der Waals surface area (Å²) in [6, 6.07) is 13.7. The highest BCUT2D eigenvalue weighted by atomic mass is 16.6. The van der Waals surface area contributed by atoms with Gasteiger partial charge in [-0.25, -0.2) is 9.79 Å². The second kappa shape index (κ2) is 5.17. The van der Waals surface area contributed by atoms with Crippen molar-refractivity contribution >= 4 is 22.6 Å². The molecule has 2 aromatic rings. The Labute approximate surface area is 116 Å². The number of esters is 1. The molecule has 0 saturated heterocycles. The van der Waals surface area contributed by atoms with Crippen LogP contribution in [0.3, 0.4) is 0 Å². The Morgan fingerprint density at radius 3 is 2.85 bits per heavy atom. The maximum atomic E-state index is 11.7. The van der Waals surface area contributed by atoms with E-state index >= 15 is 0 Å². The summed E-state index contributed by atoms with van der Waals surface area (Å²) in [6.07, 6.45) is 1.33. The number of cyclic esters (lactones) is 1. The van der Waals surface area contributed by atoms with Crippen molar-refractivity contribution in [2.45, 2.75) is 6.92 Å². The van der Waals surface area contributed by atoms with Crippen LogP contribution in [0.25, 0.3) is 10.8 Å². The van der Waals surface area contributed by atoms with E-state index in [4.69, 9.17) is 9.47 Å². The largest absolute Gasteiger partial charge is 0.499 e. The van der Waals surface area contributed by atoms with Gasteiger partial charge in [-0.15, -0.1) is 0 Å². The van der Waals surface area contributed by atoms with Crippen molar-refractivity contribution < 1.29 is 14.3 Å². The lowest BCUT2D eigenvalue weighted by Gasteiger charge is -2.04. The van der Waals surface area contributed by atoms with Crippen molar-refractivity contribution in [1.29, 1.82) is 0 Å². The predicted molar refractivity (Wildman–Crippen MR) is 76.3 cm³/mol. The van der Waals surface area contributed by atoms with Crippen LogP contribution in [0.15, 0.2) is 59.4 Å². The Hall–Kier alpha value is -2.62. The van der Waals surface area contributed by atoms with Crippen molar-refractivity contribution in [3.63, 3.8) is 0 Å². The van der Waals surface area contributed by atoms with Gasteiger partial charge >= 0.3 is 5.97 Å². The van der Waals surface area contributed by atoms with Crippen LogP contribution in [-0.2, 0) is 14.3 Å². The third-order valence-corrected chi connectivity index (χ3v) is 3.00. The molecule has 0 aliphatic carbocycles. The SMILES string of the molecule is CCO/C=C1\N=C(c2cccc3ccccc23)OC1=O. The summed E-state index contributed by atoms with van der Waals surface area (Å²) < 4.78 is 10.3. The van der Waals surface area contributed by atoms with Gasteiger partial charge in [0.1, 0.15) is 6.26 Å². The summed E-state index contributed by atoms with van der Waals surface area (Å²) in [5.41, 5.74) is 0.992. The predicted octanol–water partition coefficient (Wildman–Crippen LogP) is 3.02. The molecule has 0 atom stereocenters. The number of carbonyl (C=O) groups is 1. The van der Waals surface area contributed by atoms with Gasteiger partial charge in [0.2, 0.25) is 5.90 Å². The van der Waals surface area contributed by atoms with Gasteiger partial charge < -0.3 is 9.47 Å². The molecule has 0 amide bonds. The van der Waals surface area contributed by atoms with Gasteiger partial charge in [-0.2, -0.15) is 0 Å². The highest BCUT2D eigenvalue weighted by Crippen LogP contribution is 2.23. The van der Waals surface area contributed by atoms with Crippen LogP contribution in [0.2, 0.25) is 0 Å². The number of hydrogen-bond donors (Lipinski definition) is 0. The number of carbonyl (C=O) groups excluding carboxylic acids is 1. The molecule has 0 bridgehead atoms. The van der Waals surface area contributed by atoms with E-state index in [0.29, 0.717) is 12.5 Å². The Morgan fingerprint density at radius 1 is 1.20 bits per heavy atom. The fraction of sp³-hybridized carbons (Fsp3) is 0.125. The number of rotatable bonds is 3. The molecule has 20 heavy (non-hydrogen) atoms. The number of fused-ring (bicyclic) bond motifs is 1. The highest BCUT2D eigenvalue weighted by molar-refractivity contribution is 6.16. The number of aliphatic imine (C=N–C) groups is 1. The Kier molecular flexibility index (Phi) is 3.21. The molecule has 100 valence electrons. The van der Waals surface area contributed by atoms with E-state index in [1.54, 1.807) is 0 Å². The van der Waals surface area contributed by atoms with Crippen molar-refractivity contribution in [3.05, 3.63) is 60.0 Å². The molecule has 0 aromatic heterocycles. The first-order valence-corrected chi connectivity index (χ1v) is 6.40. The van der Waals surface area contributed by atoms with Gasteiger partial charge in [0.15, 0.2) is 5.70 Å². The smallest absolute Gasteiger partial charge is 0.367 e. The van der Waals surface area contributed by atoms with Gasteiger partial charge in [0.25, 0.3) is 0 Å². The van der Waals surface area contributed by atoms with Gasteiger partial charge in [0.05, 0.1) is 6.61 Å². The van der Waals surface area contributed by atoms with E-state index in [-0.39, 0.29) is 5.70 Å². The summed E-state index contributed by atoms with van der Waals surface area (Å²) >= 11 is 0. The third-order valence-electron chi connectivity index (χ3n) is 3.00. The second-order valence-corrected chi connectivity index (χ2v) is 4.29. The minimum absolute atomic E-state index is 0.190. The maximum absolute atomic E-state index is 11.7. The van der Waals surface area contributed by atoms with E-state index < -0.39 is 5.97 Å². The average molecular weight is 267 g/mol. The standard InChI is InChI=1S/C16H13NO3/c1-2-19-10-14-16(18)20-15(17-14)13-9-5-7-11-6-3-4-8-12(11)13/h3-10H,2H2,1H3/b14-10-. The van der Waals surface area contributed by atoms with Gasteiger partial charge in [-0.3, -0.25) is 0 Å². The van der Waals surface area contributed by atoms with Gasteiger partial charge in [-0.1, -0.05) is 36.4 Å². The Morgan fingerprint density at radius 2 is 2.00 bits per heavy atom.